The molecule has 0 bridgehead atoms. The minimum Gasteiger partial charge on any atom is -0.495 e. The van der Waals surface area contributed by atoms with Crippen molar-refractivity contribution in [1.29, 1.82) is 0 Å². The maximum Gasteiger partial charge on any atom is 0.240 e. The zero-order valence-electron chi connectivity index (χ0n) is 12.7. The summed E-state index contributed by atoms with van der Waals surface area (Å²) < 4.78 is 32.8. The molecule has 1 saturated heterocycles. The van der Waals surface area contributed by atoms with Crippen molar-refractivity contribution < 1.29 is 13.2 Å². The lowest BCUT2D eigenvalue weighted by molar-refractivity contribution is 0.188. The van der Waals surface area contributed by atoms with Gasteiger partial charge < -0.3 is 15.4 Å². The summed E-state index contributed by atoms with van der Waals surface area (Å²) in [5.74, 6) is 0.746. The number of piperidine rings is 1. The molecule has 2 atom stereocenters. The molecule has 1 aromatic carbocycles. The molecule has 0 aliphatic carbocycles. The van der Waals surface area contributed by atoms with Crippen LogP contribution >= 0.6 is 0 Å². The van der Waals surface area contributed by atoms with E-state index in [-0.39, 0.29) is 16.9 Å². The standard InChI is InChI=1S/C14H23N3O3S/c1-10-9-17(2)7-6-13(10)16-21(18,19)11-4-5-14(20-3)12(15)8-11/h4-5,8,10,13,16H,6-7,9,15H2,1-3H3. The molecule has 6 nitrogen and oxygen atoms in total. The number of nitrogen functional groups attached to an aromatic ring is 1. The van der Waals surface area contributed by atoms with Crippen molar-refractivity contribution in [2.24, 2.45) is 5.92 Å². The third-order valence-electron chi connectivity index (χ3n) is 3.93. The van der Waals surface area contributed by atoms with Gasteiger partial charge in [-0.3, -0.25) is 0 Å². The summed E-state index contributed by atoms with van der Waals surface area (Å²) in [5.41, 5.74) is 6.10. The molecule has 0 spiro atoms. The number of anilines is 1. The van der Waals surface area contributed by atoms with E-state index in [2.05, 4.69) is 16.5 Å². The number of methoxy groups -OCH3 is 1. The number of nitrogens with one attached hydrogen (secondary N) is 1. The first-order valence-corrected chi connectivity index (χ1v) is 8.46. The minimum absolute atomic E-state index is 0.0467. The van der Waals surface area contributed by atoms with Crippen molar-refractivity contribution in [3.8, 4) is 5.75 Å². The SMILES string of the molecule is COc1ccc(S(=O)(=O)NC2CCN(C)CC2C)cc1N. The maximum absolute atomic E-state index is 12.5. The smallest absolute Gasteiger partial charge is 0.240 e. The Morgan fingerprint density at radius 1 is 1.43 bits per heavy atom. The molecule has 21 heavy (non-hydrogen) atoms. The van der Waals surface area contributed by atoms with Gasteiger partial charge in [0.05, 0.1) is 17.7 Å². The number of nitrogens with zero attached hydrogens (tertiary/aromatic N) is 1. The highest BCUT2D eigenvalue weighted by Gasteiger charge is 2.28. The molecular formula is C14H23N3O3S. The molecular weight excluding hydrogens is 290 g/mol. The summed E-state index contributed by atoms with van der Waals surface area (Å²) in [6.07, 6.45) is 0.808. The second-order valence-electron chi connectivity index (χ2n) is 5.66. The van der Waals surface area contributed by atoms with Crippen LogP contribution in [0, 0.1) is 5.92 Å². The molecule has 1 heterocycles. The van der Waals surface area contributed by atoms with Gasteiger partial charge in [0.25, 0.3) is 0 Å². The van der Waals surface area contributed by atoms with Crippen molar-refractivity contribution >= 4 is 15.7 Å². The highest BCUT2D eigenvalue weighted by Crippen LogP contribution is 2.25. The first kappa shape index (κ1) is 16.1. The fourth-order valence-corrected chi connectivity index (χ4v) is 4.09. The van der Waals surface area contributed by atoms with Gasteiger partial charge in [0, 0.05) is 12.6 Å². The van der Waals surface area contributed by atoms with E-state index < -0.39 is 10.0 Å². The fraction of sp³-hybridized carbons (Fsp3) is 0.571. The van der Waals surface area contributed by atoms with E-state index in [1.165, 1.54) is 19.2 Å². The molecule has 0 radical (unpaired) electrons. The van der Waals surface area contributed by atoms with Crippen LogP contribution < -0.4 is 15.2 Å². The van der Waals surface area contributed by atoms with Gasteiger partial charge in [-0.1, -0.05) is 6.92 Å². The Balaban J connectivity index is 2.17. The van der Waals surface area contributed by atoms with Crippen LogP contribution in [0.25, 0.3) is 0 Å². The lowest BCUT2D eigenvalue weighted by atomic mass is 9.95. The normalized spacial score (nSPS) is 24.0. The van der Waals surface area contributed by atoms with Gasteiger partial charge in [0.15, 0.2) is 0 Å². The lowest BCUT2D eigenvalue weighted by Gasteiger charge is -2.34. The van der Waals surface area contributed by atoms with E-state index in [0.29, 0.717) is 11.4 Å². The number of likely N-dealkylation sites (tertiary alicyclic amines) is 1. The van der Waals surface area contributed by atoms with Crippen LogP contribution in [0.2, 0.25) is 0 Å². The first-order valence-electron chi connectivity index (χ1n) is 6.98. The minimum atomic E-state index is -3.56. The summed E-state index contributed by atoms with van der Waals surface area (Å²) in [5, 5.41) is 0. The van der Waals surface area contributed by atoms with E-state index in [9.17, 15) is 8.42 Å². The molecule has 0 aromatic heterocycles. The number of rotatable bonds is 4. The Labute approximate surface area is 126 Å². The number of hydrogen-bond acceptors (Lipinski definition) is 5. The molecule has 7 heteroatoms. The van der Waals surface area contributed by atoms with Gasteiger partial charge >= 0.3 is 0 Å². The summed E-state index contributed by atoms with van der Waals surface area (Å²) in [4.78, 5) is 2.38. The summed E-state index contributed by atoms with van der Waals surface area (Å²) >= 11 is 0. The zero-order valence-corrected chi connectivity index (χ0v) is 13.5. The third-order valence-corrected chi connectivity index (χ3v) is 5.41. The number of hydrogen-bond donors (Lipinski definition) is 2. The quantitative estimate of drug-likeness (QED) is 0.807. The average Bonchev–Trinajstić information content (AvgIpc) is 2.42. The van der Waals surface area contributed by atoms with E-state index >= 15 is 0 Å². The Morgan fingerprint density at radius 3 is 2.71 bits per heavy atom. The van der Waals surface area contributed by atoms with Gasteiger partial charge in [-0.15, -0.1) is 0 Å². The van der Waals surface area contributed by atoms with Crippen LogP contribution in [0.15, 0.2) is 23.1 Å². The van der Waals surface area contributed by atoms with E-state index in [1.807, 2.05) is 7.05 Å². The second kappa shape index (κ2) is 6.21. The molecule has 1 fully saturated rings. The van der Waals surface area contributed by atoms with E-state index in [0.717, 1.165) is 19.5 Å². The number of benzene rings is 1. The molecule has 1 aromatic rings. The van der Waals surface area contributed by atoms with Gasteiger partial charge in [0.2, 0.25) is 10.0 Å². The maximum atomic E-state index is 12.5. The predicted octanol–water partition coefficient (Wildman–Crippen LogP) is 0.896. The Bertz CT molecular complexity index is 603. The molecule has 1 aliphatic heterocycles. The fourth-order valence-electron chi connectivity index (χ4n) is 2.68. The second-order valence-corrected chi connectivity index (χ2v) is 7.37. The number of nitrogens with two attached hydrogens (primary N) is 1. The molecule has 2 unspecified atom stereocenters. The molecule has 2 rings (SSSR count). The van der Waals surface area contributed by atoms with Crippen molar-refractivity contribution in [1.82, 2.24) is 9.62 Å². The van der Waals surface area contributed by atoms with E-state index in [1.54, 1.807) is 6.07 Å². The van der Waals surface area contributed by atoms with Gasteiger partial charge in [-0.25, -0.2) is 13.1 Å². The van der Waals surface area contributed by atoms with Crippen LogP contribution in [-0.4, -0.2) is 46.6 Å². The van der Waals surface area contributed by atoms with E-state index in [4.69, 9.17) is 10.5 Å². The highest BCUT2D eigenvalue weighted by atomic mass is 32.2. The Hall–Kier alpha value is -1.31. The lowest BCUT2D eigenvalue weighted by Crippen LogP contribution is -2.48. The third kappa shape index (κ3) is 3.66. The Kier molecular flexibility index (Phi) is 4.75. The first-order chi connectivity index (χ1) is 9.83. The summed E-state index contributed by atoms with van der Waals surface area (Å²) in [7, 11) is -0.0165. The van der Waals surface area contributed by atoms with Gasteiger partial charge in [-0.05, 0) is 44.1 Å². The number of sulfonamides is 1. The van der Waals surface area contributed by atoms with Crippen LogP contribution in [-0.2, 0) is 10.0 Å². The molecule has 1 aliphatic rings. The summed E-state index contributed by atoms with van der Waals surface area (Å²) in [6, 6.07) is 4.47. The Morgan fingerprint density at radius 2 is 2.14 bits per heavy atom. The van der Waals surface area contributed by atoms with Crippen molar-refractivity contribution in [2.75, 3.05) is 33.0 Å². The van der Waals surface area contributed by atoms with Crippen molar-refractivity contribution in [3.05, 3.63) is 18.2 Å². The largest absolute Gasteiger partial charge is 0.495 e. The molecule has 0 saturated carbocycles. The van der Waals surface area contributed by atoms with Crippen molar-refractivity contribution in [3.63, 3.8) is 0 Å². The highest BCUT2D eigenvalue weighted by molar-refractivity contribution is 7.89. The zero-order chi connectivity index (χ0) is 15.6. The average molecular weight is 313 g/mol. The molecule has 3 N–H and O–H groups in total. The van der Waals surface area contributed by atoms with Gasteiger partial charge in [0.1, 0.15) is 5.75 Å². The van der Waals surface area contributed by atoms with Crippen LogP contribution in [0.5, 0.6) is 5.75 Å². The molecule has 0 amide bonds. The van der Waals surface area contributed by atoms with Crippen LogP contribution in [0.3, 0.4) is 0 Å². The van der Waals surface area contributed by atoms with Crippen molar-refractivity contribution in [2.45, 2.75) is 24.3 Å². The predicted molar refractivity (Wildman–Crippen MR) is 82.8 cm³/mol. The molecule has 118 valence electrons. The topological polar surface area (TPSA) is 84.7 Å². The number of ether oxygens (including phenoxy) is 1. The monoisotopic (exact) mass is 313 g/mol. The summed E-state index contributed by atoms with van der Waals surface area (Å²) in [6.45, 7) is 3.84. The van der Waals surface area contributed by atoms with Crippen LogP contribution in [0.4, 0.5) is 5.69 Å². The van der Waals surface area contributed by atoms with Crippen LogP contribution in [0.1, 0.15) is 13.3 Å². The van der Waals surface area contributed by atoms with Gasteiger partial charge in [-0.2, -0.15) is 0 Å².